The Morgan fingerprint density at radius 2 is 1.65 bits per heavy atom. The number of nitrogens with two attached hydrogens (primary N) is 1. The number of hydrogen-bond acceptors (Lipinski definition) is 5. The summed E-state index contributed by atoms with van der Waals surface area (Å²) < 4.78 is 0. The number of nitrogens with one attached hydrogen (secondary N) is 4. The van der Waals surface area contributed by atoms with Crippen molar-refractivity contribution in [2.24, 2.45) is 5.73 Å². The van der Waals surface area contributed by atoms with Gasteiger partial charge in [-0.2, -0.15) is 0 Å². The average molecular weight is 475 g/mol. The molecule has 0 spiro atoms. The van der Waals surface area contributed by atoms with Crippen LogP contribution in [0.4, 0.5) is 0 Å². The normalized spacial score (nSPS) is 12.4. The summed E-state index contributed by atoms with van der Waals surface area (Å²) in [5.41, 5.74) is 6.08. The Bertz CT molecular complexity index is 782. The van der Waals surface area contributed by atoms with Gasteiger partial charge in [0.1, 0.15) is 11.8 Å². The van der Waals surface area contributed by atoms with Gasteiger partial charge >= 0.3 is 0 Å². The minimum atomic E-state index is -0.852. The number of aromatic hydroxyl groups is 1. The minimum absolute atomic E-state index is 0.0421. The van der Waals surface area contributed by atoms with Gasteiger partial charge in [0.2, 0.25) is 11.8 Å². The summed E-state index contributed by atoms with van der Waals surface area (Å²) >= 11 is 0. The van der Waals surface area contributed by atoms with Crippen LogP contribution in [0, 0.1) is 12.3 Å². The average Bonchev–Trinajstić information content (AvgIpc) is 2.78. The number of ketones is 1. The molecule has 0 fully saturated rings. The second-order valence-electron chi connectivity index (χ2n) is 8.51. The molecular weight excluding hydrogens is 434 g/mol. The van der Waals surface area contributed by atoms with E-state index in [4.69, 9.17) is 11.1 Å². The molecule has 1 aromatic rings. The molecule has 2 amide bonds. The minimum Gasteiger partial charge on any atom is -0.508 e. The second-order valence-corrected chi connectivity index (χ2v) is 8.51. The highest BCUT2D eigenvalue weighted by Gasteiger charge is 2.26. The van der Waals surface area contributed by atoms with E-state index in [2.05, 4.69) is 22.9 Å². The highest BCUT2D eigenvalue weighted by Crippen LogP contribution is 2.13. The van der Waals surface area contributed by atoms with Crippen molar-refractivity contribution in [1.29, 1.82) is 5.41 Å². The lowest BCUT2D eigenvalue weighted by atomic mass is 9.99. The van der Waals surface area contributed by atoms with E-state index in [1.165, 1.54) is 19.1 Å². The fraction of sp³-hybridized carbons (Fsp3) is 0.560. The van der Waals surface area contributed by atoms with Crippen molar-refractivity contribution < 1.29 is 19.5 Å². The highest BCUT2D eigenvalue weighted by atomic mass is 16.3. The van der Waals surface area contributed by atoms with Crippen molar-refractivity contribution in [2.75, 3.05) is 6.54 Å². The zero-order chi connectivity index (χ0) is 25.3. The number of hydrogen-bond donors (Lipinski definition) is 6. The summed E-state index contributed by atoms with van der Waals surface area (Å²) in [5, 5.41) is 24.9. The van der Waals surface area contributed by atoms with Gasteiger partial charge in [-0.25, -0.2) is 0 Å². The third-order valence-corrected chi connectivity index (χ3v) is 5.43. The number of guanidine groups is 1. The Labute approximate surface area is 202 Å². The van der Waals surface area contributed by atoms with Crippen LogP contribution in [0.3, 0.4) is 0 Å². The molecule has 1 aromatic carbocycles. The van der Waals surface area contributed by atoms with Crippen molar-refractivity contribution in [1.82, 2.24) is 16.0 Å². The van der Waals surface area contributed by atoms with E-state index < -0.39 is 18.0 Å². The molecule has 0 aliphatic rings. The predicted octanol–water partition coefficient (Wildman–Crippen LogP) is 2.32. The van der Waals surface area contributed by atoms with Crippen LogP contribution in [0.5, 0.6) is 5.75 Å². The molecule has 34 heavy (non-hydrogen) atoms. The molecule has 1 radical (unpaired) electrons. The quantitative estimate of drug-likeness (QED) is 0.116. The molecule has 7 N–H and O–H groups in total. The molecule has 9 heteroatoms. The van der Waals surface area contributed by atoms with Crippen LogP contribution < -0.4 is 21.7 Å². The van der Waals surface area contributed by atoms with E-state index >= 15 is 0 Å². The first-order valence-corrected chi connectivity index (χ1v) is 12.0. The lowest BCUT2D eigenvalue weighted by Crippen LogP contribution is -2.52. The molecular formula is C25H40N5O4. The Hall–Kier alpha value is -3.10. The first-order valence-electron chi connectivity index (χ1n) is 12.0. The van der Waals surface area contributed by atoms with Crippen LogP contribution in [-0.2, 0) is 20.8 Å². The number of amides is 2. The first-order chi connectivity index (χ1) is 16.2. The molecule has 0 aromatic heterocycles. The highest BCUT2D eigenvalue weighted by molar-refractivity contribution is 5.92. The van der Waals surface area contributed by atoms with Gasteiger partial charge in [-0.15, -0.1) is 0 Å². The predicted molar refractivity (Wildman–Crippen MR) is 133 cm³/mol. The Balaban J connectivity index is 2.78. The van der Waals surface area contributed by atoms with E-state index in [1.807, 2.05) is 0 Å². The van der Waals surface area contributed by atoms with Crippen molar-refractivity contribution in [3.8, 4) is 5.75 Å². The monoisotopic (exact) mass is 474 g/mol. The Morgan fingerprint density at radius 1 is 1.00 bits per heavy atom. The van der Waals surface area contributed by atoms with Crippen LogP contribution in [0.15, 0.2) is 24.3 Å². The third kappa shape index (κ3) is 12.8. The topological polar surface area (TPSA) is 157 Å². The van der Waals surface area contributed by atoms with E-state index in [1.54, 1.807) is 12.1 Å². The van der Waals surface area contributed by atoms with Gasteiger partial charge in [-0.3, -0.25) is 19.8 Å². The maximum Gasteiger partial charge on any atom is 0.243 e. The van der Waals surface area contributed by atoms with Gasteiger partial charge in [0.05, 0.1) is 6.04 Å². The molecule has 2 atom stereocenters. The van der Waals surface area contributed by atoms with Crippen LogP contribution in [-0.4, -0.2) is 47.3 Å². The largest absolute Gasteiger partial charge is 0.508 e. The van der Waals surface area contributed by atoms with Crippen LogP contribution >= 0.6 is 0 Å². The Kier molecular flexibility index (Phi) is 14.0. The number of Topliss-reactive ketones (excluding diaryl/α,β-unsaturated/α-hetero) is 1. The van der Waals surface area contributed by atoms with E-state index in [9.17, 15) is 19.5 Å². The number of unbranched alkanes of at least 4 members (excludes halogenated alkanes) is 5. The smallest absolute Gasteiger partial charge is 0.243 e. The number of phenolic OH excluding ortho intramolecular Hbond substituents is 1. The van der Waals surface area contributed by atoms with Gasteiger partial charge in [0, 0.05) is 26.3 Å². The molecule has 0 aliphatic carbocycles. The zero-order valence-corrected chi connectivity index (χ0v) is 20.2. The summed E-state index contributed by atoms with van der Waals surface area (Å²) in [6, 6.07) is 4.87. The molecule has 189 valence electrons. The molecule has 0 heterocycles. The number of carbonyl (C=O) groups is 3. The van der Waals surface area contributed by atoms with Crippen LogP contribution in [0.25, 0.3) is 0 Å². The molecule has 0 saturated heterocycles. The van der Waals surface area contributed by atoms with Gasteiger partial charge in [0.15, 0.2) is 11.7 Å². The molecule has 0 saturated carbocycles. The van der Waals surface area contributed by atoms with Crippen molar-refractivity contribution in [3.63, 3.8) is 0 Å². The van der Waals surface area contributed by atoms with Gasteiger partial charge < -0.3 is 26.8 Å². The van der Waals surface area contributed by atoms with E-state index in [-0.39, 0.29) is 29.8 Å². The maximum absolute atomic E-state index is 13.1. The van der Waals surface area contributed by atoms with E-state index in [0.717, 1.165) is 44.1 Å². The summed E-state index contributed by atoms with van der Waals surface area (Å²) in [7, 11) is 0. The van der Waals surface area contributed by atoms with Crippen LogP contribution in [0.1, 0.15) is 70.3 Å². The lowest BCUT2D eigenvalue weighted by molar-refractivity contribution is -0.131. The van der Waals surface area contributed by atoms with Gasteiger partial charge in [-0.1, -0.05) is 51.2 Å². The van der Waals surface area contributed by atoms with Gasteiger partial charge in [0.25, 0.3) is 0 Å². The van der Waals surface area contributed by atoms with Crippen LogP contribution in [0.2, 0.25) is 0 Å². The number of phenols is 1. The van der Waals surface area contributed by atoms with E-state index in [0.29, 0.717) is 25.8 Å². The fourth-order valence-electron chi connectivity index (χ4n) is 3.62. The molecule has 1 rings (SSSR count). The molecule has 0 unspecified atom stereocenters. The lowest BCUT2D eigenvalue weighted by Gasteiger charge is -2.23. The van der Waals surface area contributed by atoms with Crippen molar-refractivity contribution >= 4 is 23.6 Å². The first kappa shape index (κ1) is 28.9. The number of rotatable bonds is 17. The summed E-state index contributed by atoms with van der Waals surface area (Å²) in [4.78, 5) is 37.7. The SMILES string of the molecule is [CH2]CCCCCCCC(=O)[C@H](CCCNC(=N)N)NC(=O)[C@H](Cc1ccc(O)cc1)NC(C)=O. The summed E-state index contributed by atoms with van der Waals surface area (Å²) in [6.45, 7) is 5.59. The van der Waals surface area contributed by atoms with Crippen molar-refractivity contribution in [2.45, 2.75) is 83.2 Å². The Morgan fingerprint density at radius 3 is 2.26 bits per heavy atom. The second kappa shape index (κ2) is 16.5. The zero-order valence-electron chi connectivity index (χ0n) is 20.2. The molecule has 0 bridgehead atoms. The summed E-state index contributed by atoms with van der Waals surface area (Å²) in [5.74, 6) is -0.861. The summed E-state index contributed by atoms with van der Waals surface area (Å²) in [6.07, 6.45) is 7.42. The van der Waals surface area contributed by atoms with Gasteiger partial charge in [-0.05, 0) is 37.0 Å². The fourth-order valence-corrected chi connectivity index (χ4v) is 3.62. The maximum atomic E-state index is 13.1. The third-order valence-electron chi connectivity index (χ3n) is 5.43. The number of carbonyl (C=O) groups excluding carboxylic acids is 3. The molecule has 9 nitrogen and oxygen atoms in total. The van der Waals surface area contributed by atoms with Crippen molar-refractivity contribution in [3.05, 3.63) is 36.8 Å². The standard InChI is InChI=1S/C25H40N5O4/c1-3-4-5-6-7-8-11-23(33)21(10-9-16-28-25(26)27)30-24(34)22(29-18(2)31)17-19-12-14-20(32)15-13-19/h12-15,21-22,32H,1,3-11,16-17H2,2H3,(H,29,31)(H,30,34)(H4,26,27,28)/t21-,22-/m0/s1. The molecule has 0 aliphatic heterocycles. The number of benzene rings is 1.